The molecule has 3 rings (SSSR count). The van der Waals surface area contributed by atoms with E-state index in [4.69, 9.17) is 9.47 Å². The van der Waals surface area contributed by atoms with Gasteiger partial charge in [0, 0.05) is 22.2 Å². The summed E-state index contributed by atoms with van der Waals surface area (Å²) in [5.74, 6) is 0.522. The van der Waals surface area contributed by atoms with Crippen molar-refractivity contribution >= 4 is 27.5 Å². The largest absolute Gasteiger partial charge is 0.486 e. The quantitative estimate of drug-likeness (QED) is 0.806. The smallest absolute Gasteiger partial charge is 0.416 e. The minimum absolute atomic E-state index is 0.116. The number of rotatable bonds is 2. The van der Waals surface area contributed by atoms with Gasteiger partial charge in [0.05, 0.1) is 11.3 Å². The molecule has 1 amide bonds. The van der Waals surface area contributed by atoms with Gasteiger partial charge >= 0.3 is 6.18 Å². The second kappa shape index (κ2) is 6.35. The summed E-state index contributed by atoms with van der Waals surface area (Å²) in [5.41, 5.74) is -0.256. The third kappa shape index (κ3) is 3.48. The molecule has 0 saturated carbocycles. The average molecular weight is 402 g/mol. The lowest BCUT2D eigenvalue weighted by atomic mass is 10.1. The Balaban J connectivity index is 1.80. The van der Waals surface area contributed by atoms with Gasteiger partial charge in [0.1, 0.15) is 13.2 Å². The average Bonchev–Trinajstić information content (AvgIpc) is 2.55. The van der Waals surface area contributed by atoms with Crippen LogP contribution in [0.5, 0.6) is 11.5 Å². The van der Waals surface area contributed by atoms with Crippen LogP contribution in [0.15, 0.2) is 40.9 Å². The van der Waals surface area contributed by atoms with Crippen molar-refractivity contribution in [3.8, 4) is 11.5 Å². The molecule has 126 valence electrons. The van der Waals surface area contributed by atoms with Crippen LogP contribution in [-0.2, 0) is 6.18 Å². The normalized spacial score (nSPS) is 13.5. The first kappa shape index (κ1) is 16.6. The summed E-state index contributed by atoms with van der Waals surface area (Å²) in [6.07, 6.45) is -4.44. The first-order chi connectivity index (χ1) is 11.3. The van der Waals surface area contributed by atoms with Crippen LogP contribution in [0, 0.1) is 0 Å². The SMILES string of the molecule is O=C(Nc1cc2c(cc1Br)OCCO2)c1ccc(C(F)(F)F)cc1. The number of fused-ring (bicyclic) bond motifs is 1. The van der Waals surface area contributed by atoms with Gasteiger partial charge in [-0.25, -0.2) is 0 Å². The van der Waals surface area contributed by atoms with Crippen LogP contribution in [0.2, 0.25) is 0 Å². The number of anilines is 1. The van der Waals surface area contributed by atoms with E-state index in [-0.39, 0.29) is 5.56 Å². The van der Waals surface area contributed by atoms with Crippen molar-refractivity contribution in [3.05, 3.63) is 52.0 Å². The summed E-state index contributed by atoms with van der Waals surface area (Å²) in [4.78, 5) is 12.2. The molecule has 0 fully saturated rings. The second-order valence-electron chi connectivity index (χ2n) is 5.00. The fraction of sp³-hybridized carbons (Fsp3) is 0.188. The van der Waals surface area contributed by atoms with Gasteiger partial charge in [-0.1, -0.05) is 0 Å². The Morgan fingerprint density at radius 1 is 1.04 bits per heavy atom. The molecule has 0 atom stereocenters. The summed E-state index contributed by atoms with van der Waals surface area (Å²) < 4.78 is 49.1. The van der Waals surface area contributed by atoms with Crippen molar-refractivity contribution in [1.29, 1.82) is 0 Å². The van der Waals surface area contributed by atoms with E-state index in [0.29, 0.717) is 34.9 Å². The molecule has 0 spiro atoms. The van der Waals surface area contributed by atoms with Crippen LogP contribution in [0.1, 0.15) is 15.9 Å². The van der Waals surface area contributed by atoms with E-state index < -0.39 is 17.6 Å². The van der Waals surface area contributed by atoms with Crippen molar-refractivity contribution in [2.75, 3.05) is 18.5 Å². The summed E-state index contributed by atoms with van der Waals surface area (Å²) in [6.45, 7) is 0.845. The minimum Gasteiger partial charge on any atom is -0.486 e. The van der Waals surface area contributed by atoms with Gasteiger partial charge in [-0.05, 0) is 40.2 Å². The molecular weight excluding hydrogens is 391 g/mol. The fourth-order valence-electron chi connectivity index (χ4n) is 2.16. The molecule has 0 radical (unpaired) electrons. The van der Waals surface area contributed by atoms with Gasteiger partial charge < -0.3 is 14.8 Å². The number of ether oxygens (including phenoxy) is 2. The third-order valence-corrected chi connectivity index (χ3v) is 4.01. The number of benzene rings is 2. The van der Waals surface area contributed by atoms with Crippen LogP contribution >= 0.6 is 15.9 Å². The van der Waals surface area contributed by atoms with Crippen LogP contribution in [-0.4, -0.2) is 19.1 Å². The molecular formula is C16H11BrF3NO3. The number of hydrogen-bond donors (Lipinski definition) is 1. The zero-order valence-corrected chi connectivity index (χ0v) is 13.7. The Morgan fingerprint density at radius 2 is 1.62 bits per heavy atom. The Labute approximate surface area is 143 Å². The number of halogens is 4. The Morgan fingerprint density at radius 3 is 2.21 bits per heavy atom. The van der Waals surface area contributed by atoms with E-state index in [2.05, 4.69) is 21.2 Å². The van der Waals surface area contributed by atoms with E-state index in [9.17, 15) is 18.0 Å². The van der Waals surface area contributed by atoms with Crippen molar-refractivity contribution in [1.82, 2.24) is 0 Å². The predicted octanol–water partition coefficient (Wildman–Crippen LogP) is 4.49. The maximum atomic E-state index is 12.5. The highest BCUT2D eigenvalue weighted by Crippen LogP contribution is 2.38. The summed E-state index contributed by atoms with van der Waals surface area (Å²) >= 11 is 3.32. The Bertz CT molecular complexity index is 775. The molecule has 2 aromatic carbocycles. The van der Waals surface area contributed by atoms with E-state index in [1.807, 2.05) is 0 Å². The monoisotopic (exact) mass is 401 g/mol. The first-order valence-corrected chi connectivity index (χ1v) is 7.71. The van der Waals surface area contributed by atoms with E-state index >= 15 is 0 Å². The molecule has 2 aromatic rings. The highest BCUT2D eigenvalue weighted by Gasteiger charge is 2.30. The topological polar surface area (TPSA) is 47.6 Å². The van der Waals surface area contributed by atoms with Gasteiger partial charge in [0.25, 0.3) is 5.91 Å². The van der Waals surface area contributed by atoms with Gasteiger partial charge in [0.2, 0.25) is 0 Å². The van der Waals surface area contributed by atoms with Crippen molar-refractivity contribution in [2.45, 2.75) is 6.18 Å². The summed E-state index contributed by atoms with van der Waals surface area (Å²) in [6, 6.07) is 7.26. The van der Waals surface area contributed by atoms with Crippen molar-refractivity contribution in [3.63, 3.8) is 0 Å². The molecule has 1 N–H and O–H groups in total. The lowest BCUT2D eigenvalue weighted by Crippen LogP contribution is -2.17. The molecule has 0 bridgehead atoms. The first-order valence-electron chi connectivity index (χ1n) is 6.92. The zero-order valence-electron chi connectivity index (χ0n) is 12.1. The number of hydrogen-bond acceptors (Lipinski definition) is 3. The molecule has 0 aromatic heterocycles. The summed E-state index contributed by atoms with van der Waals surface area (Å²) in [7, 11) is 0. The van der Waals surface area contributed by atoms with Gasteiger partial charge in [-0.2, -0.15) is 13.2 Å². The lowest BCUT2D eigenvalue weighted by molar-refractivity contribution is -0.137. The molecule has 0 aliphatic carbocycles. The summed E-state index contributed by atoms with van der Waals surface area (Å²) in [5, 5.41) is 2.63. The van der Waals surface area contributed by atoms with E-state index in [0.717, 1.165) is 24.3 Å². The third-order valence-electron chi connectivity index (χ3n) is 3.35. The highest BCUT2D eigenvalue weighted by molar-refractivity contribution is 9.10. The number of carbonyl (C=O) groups is 1. The van der Waals surface area contributed by atoms with Crippen LogP contribution < -0.4 is 14.8 Å². The van der Waals surface area contributed by atoms with Crippen LogP contribution in [0.4, 0.5) is 18.9 Å². The van der Waals surface area contributed by atoms with Crippen LogP contribution in [0.3, 0.4) is 0 Å². The van der Waals surface area contributed by atoms with Crippen LogP contribution in [0.25, 0.3) is 0 Å². The highest BCUT2D eigenvalue weighted by atomic mass is 79.9. The number of nitrogens with one attached hydrogen (secondary N) is 1. The lowest BCUT2D eigenvalue weighted by Gasteiger charge is -2.20. The van der Waals surface area contributed by atoms with Crippen molar-refractivity contribution in [2.24, 2.45) is 0 Å². The number of amides is 1. The maximum Gasteiger partial charge on any atom is 0.416 e. The minimum atomic E-state index is -4.44. The molecule has 1 heterocycles. The predicted molar refractivity (Wildman–Crippen MR) is 84.5 cm³/mol. The zero-order chi connectivity index (χ0) is 17.3. The van der Waals surface area contributed by atoms with Gasteiger partial charge in [-0.15, -0.1) is 0 Å². The maximum absolute atomic E-state index is 12.5. The standard InChI is InChI=1S/C16H11BrF3NO3/c17-11-7-13-14(24-6-5-23-13)8-12(11)21-15(22)9-1-3-10(4-2-9)16(18,19)20/h1-4,7-8H,5-6H2,(H,21,22). The molecule has 4 nitrogen and oxygen atoms in total. The molecule has 0 saturated heterocycles. The molecule has 0 unspecified atom stereocenters. The van der Waals surface area contributed by atoms with E-state index in [1.165, 1.54) is 0 Å². The molecule has 24 heavy (non-hydrogen) atoms. The fourth-order valence-corrected chi connectivity index (χ4v) is 2.59. The Kier molecular flexibility index (Phi) is 4.40. The second-order valence-corrected chi connectivity index (χ2v) is 5.86. The van der Waals surface area contributed by atoms with Gasteiger partial charge in [0.15, 0.2) is 11.5 Å². The molecule has 1 aliphatic rings. The van der Waals surface area contributed by atoms with E-state index in [1.54, 1.807) is 12.1 Å². The molecule has 1 aliphatic heterocycles. The number of alkyl halides is 3. The van der Waals surface area contributed by atoms with Gasteiger partial charge in [-0.3, -0.25) is 4.79 Å². The molecule has 8 heteroatoms. The Hall–Kier alpha value is -2.22. The van der Waals surface area contributed by atoms with Crippen molar-refractivity contribution < 1.29 is 27.4 Å². The number of carbonyl (C=O) groups excluding carboxylic acids is 1.